The van der Waals surface area contributed by atoms with Gasteiger partial charge < -0.3 is 15.3 Å². The lowest BCUT2D eigenvalue weighted by Gasteiger charge is -2.18. The molecule has 3 unspecified atom stereocenters. The van der Waals surface area contributed by atoms with Crippen LogP contribution >= 0.6 is 0 Å². The monoisotopic (exact) mass is 170 g/mol. The van der Waals surface area contributed by atoms with Gasteiger partial charge in [0.25, 0.3) is 0 Å². The Kier molecular flexibility index (Phi) is 1.39. The summed E-state index contributed by atoms with van der Waals surface area (Å²) in [6, 6.07) is 0.247. The second-order valence-electron chi connectivity index (χ2n) is 4.08. The topological polar surface area (TPSA) is 52.6 Å². The first-order valence-corrected chi connectivity index (χ1v) is 4.24. The van der Waals surface area contributed by atoms with E-state index in [9.17, 15) is 4.79 Å². The number of nitrogens with one attached hydrogen (secondary N) is 1. The predicted octanol–water partition coefficient (Wildman–Crippen LogP) is 0.204. The van der Waals surface area contributed by atoms with Crippen molar-refractivity contribution < 1.29 is 9.90 Å². The van der Waals surface area contributed by atoms with Crippen LogP contribution in [0.5, 0.6) is 0 Å². The Labute approximate surface area is 71.5 Å². The molecule has 2 fully saturated rings. The Balaban J connectivity index is 2.06. The van der Waals surface area contributed by atoms with Crippen LogP contribution in [0.2, 0.25) is 0 Å². The maximum absolute atomic E-state index is 10.7. The van der Waals surface area contributed by atoms with E-state index in [1.54, 1.807) is 7.05 Å². The van der Waals surface area contributed by atoms with Crippen LogP contribution in [0, 0.1) is 11.3 Å². The second kappa shape index (κ2) is 2.13. The van der Waals surface area contributed by atoms with Crippen molar-refractivity contribution in [2.75, 3.05) is 20.1 Å². The lowest BCUT2D eigenvalue weighted by atomic mass is 10.1. The van der Waals surface area contributed by atoms with Crippen LogP contribution in [0.15, 0.2) is 0 Å². The second-order valence-corrected chi connectivity index (χ2v) is 4.08. The summed E-state index contributed by atoms with van der Waals surface area (Å²) in [5, 5.41) is 12.0. The van der Waals surface area contributed by atoms with Crippen molar-refractivity contribution in [3.05, 3.63) is 0 Å². The highest BCUT2D eigenvalue weighted by molar-refractivity contribution is 5.66. The number of amides is 1. The third-order valence-electron chi connectivity index (χ3n) is 3.38. The largest absolute Gasteiger partial charge is 0.465 e. The zero-order valence-electron chi connectivity index (χ0n) is 7.37. The molecule has 4 nitrogen and oxygen atoms in total. The van der Waals surface area contributed by atoms with E-state index in [1.807, 2.05) is 0 Å². The average molecular weight is 170 g/mol. The molecule has 1 saturated heterocycles. The number of rotatable bonds is 1. The van der Waals surface area contributed by atoms with E-state index in [0.29, 0.717) is 5.92 Å². The molecule has 0 bridgehead atoms. The number of hydrogen-bond donors (Lipinski definition) is 2. The van der Waals surface area contributed by atoms with Crippen molar-refractivity contribution in [1.29, 1.82) is 0 Å². The summed E-state index contributed by atoms with van der Waals surface area (Å²) >= 11 is 0. The normalized spacial score (nSPS) is 43.8. The van der Waals surface area contributed by atoms with E-state index in [-0.39, 0.29) is 11.5 Å². The fourth-order valence-corrected chi connectivity index (χ4v) is 2.54. The highest BCUT2D eigenvalue weighted by Gasteiger charge is 2.66. The summed E-state index contributed by atoms with van der Waals surface area (Å²) in [7, 11) is 1.66. The molecule has 2 aliphatic rings. The SMILES string of the molecule is CN(C(=O)O)C1C2CNCC21C. The van der Waals surface area contributed by atoms with E-state index >= 15 is 0 Å². The molecule has 0 radical (unpaired) electrons. The molecular weight excluding hydrogens is 156 g/mol. The van der Waals surface area contributed by atoms with E-state index in [1.165, 1.54) is 4.90 Å². The number of carbonyl (C=O) groups is 1. The van der Waals surface area contributed by atoms with Gasteiger partial charge in [0.15, 0.2) is 0 Å². The lowest BCUT2D eigenvalue weighted by Crippen LogP contribution is -2.35. The summed E-state index contributed by atoms with van der Waals surface area (Å²) in [6.45, 7) is 4.08. The molecule has 1 aliphatic carbocycles. The molecule has 0 spiro atoms. The molecule has 1 aliphatic heterocycles. The average Bonchev–Trinajstić information content (AvgIpc) is 2.35. The Morgan fingerprint density at radius 3 is 2.83 bits per heavy atom. The Bertz CT molecular complexity index is 231. The molecule has 1 saturated carbocycles. The maximum atomic E-state index is 10.7. The van der Waals surface area contributed by atoms with Crippen LogP contribution in [0.25, 0.3) is 0 Å². The van der Waals surface area contributed by atoms with E-state index in [0.717, 1.165) is 13.1 Å². The first-order chi connectivity index (χ1) is 5.57. The Morgan fingerprint density at radius 2 is 2.42 bits per heavy atom. The van der Waals surface area contributed by atoms with Crippen molar-refractivity contribution in [3.63, 3.8) is 0 Å². The van der Waals surface area contributed by atoms with E-state index < -0.39 is 6.09 Å². The number of piperidine rings is 1. The Morgan fingerprint density at radius 1 is 1.75 bits per heavy atom. The molecule has 2 N–H and O–H groups in total. The molecule has 2 rings (SSSR count). The highest BCUT2D eigenvalue weighted by atomic mass is 16.4. The van der Waals surface area contributed by atoms with Crippen molar-refractivity contribution in [2.45, 2.75) is 13.0 Å². The van der Waals surface area contributed by atoms with Crippen molar-refractivity contribution in [1.82, 2.24) is 10.2 Å². The van der Waals surface area contributed by atoms with E-state index in [4.69, 9.17) is 5.11 Å². The summed E-state index contributed by atoms with van der Waals surface area (Å²) < 4.78 is 0. The number of nitrogens with zero attached hydrogens (tertiary/aromatic N) is 1. The van der Waals surface area contributed by atoms with Crippen LogP contribution in [0.1, 0.15) is 6.92 Å². The molecular formula is C8H14N2O2. The van der Waals surface area contributed by atoms with Crippen LogP contribution in [0.4, 0.5) is 4.79 Å². The van der Waals surface area contributed by atoms with Crippen LogP contribution in [0.3, 0.4) is 0 Å². The first-order valence-electron chi connectivity index (χ1n) is 4.24. The van der Waals surface area contributed by atoms with Gasteiger partial charge in [-0.25, -0.2) is 4.79 Å². The first kappa shape index (κ1) is 7.86. The van der Waals surface area contributed by atoms with E-state index in [2.05, 4.69) is 12.2 Å². The smallest absolute Gasteiger partial charge is 0.407 e. The standard InChI is InChI=1S/C8H14N2O2/c1-8-4-9-3-5(8)6(8)10(2)7(11)12/h5-6,9H,3-4H2,1-2H3,(H,11,12). The van der Waals surface area contributed by atoms with Gasteiger partial charge in [0, 0.05) is 37.5 Å². The molecule has 3 atom stereocenters. The number of hydrogen-bond acceptors (Lipinski definition) is 2. The molecule has 1 amide bonds. The van der Waals surface area contributed by atoms with Gasteiger partial charge in [0.05, 0.1) is 0 Å². The van der Waals surface area contributed by atoms with Gasteiger partial charge in [-0.05, 0) is 0 Å². The molecule has 0 aromatic rings. The van der Waals surface area contributed by atoms with Gasteiger partial charge in [-0.3, -0.25) is 0 Å². The summed E-state index contributed by atoms with van der Waals surface area (Å²) in [5.41, 5.74) is 0.215. The third kappa shape index (κ3) is 0.784. The van der Waals surface area contributed by atoms with Crippen LogP contribution < -0.4 is 5.32 Å². The molecule has 1 heterocycles. The minimum absolute atomic E-state index is 0.215. The van der Waals surface area contributed by atoms with Gasteiger partial charge in [0.1, 0.15) is 0 Å². The Hall–Kier alpha value is -0.770. The minimum atomic E-state index is -0.810. The van der Waals surface area contributed by atoms with Crippen molar-refractivity contribution in [3.8, 4) is 0 Å². The lowest BCUT2D eigenvalue weighted by molar-refractivity contribution is 0.145. The van der Waals surface area contributed by atoms with Gasteiger partial charge in [-0.1, -0.05) is 6.92 Å². The predicted molar refractivity (Wildman–Crippen MR) is 44.0 cm³/mol. The maximum Gasteiger partial charge on any atom is 0.407 e. The minimum Gasteiger partial charge on any atom is -0.465 e. The highest BCUT2D eigenvalue weighted by Crippen LogP contribution is 2.57. The molecule has 0 aromatic carbocycles. The van der Waals surface area contributed by atoms with Crippen LogP contribution in [-0.4, -0.2) is 42.3 Å². The quantitative estimate of drug-likeness (QED) is 0.591. The fourth-order valence-electron chi connectivity index (χ4n) is 2.54. The summed E-state index contributed by atoms with van der Waals surface area (Å²) in [4.78, 5) is 12.1. The number of carboxylic acid groups (broad SMARTS) is 1. The number of fused-ring (bicyclic) bond motifs is 1. The van der Waals surface area contributed by atoms with Gasteiger partial charge in [0.2, 0.25) is 0 Å². The van der Waals surface area contributed by atoms with Crippen LogP contribution in [-0.2, 0) is 0 Å². The zero-order valence-corrected chi connectivity index (χ0v) is 7.37. The molecule has 12 heavy (non-hydrogen) atoms. The van der Waals surface area contributed by atoms with Gasteiger partial charge in [-0.15, -0.1) is 0 Å². The van der Waals surface area contributed by atoms with Crippen molar-refractivity contribution >= 4 is 6.09 Å². The molecule has 0 aromatic heterocycles. The third-order valence-corrected chi connectivity index (χ3v) is 3.38. The van der Waals surface area contributed by atoms with Gasteiger partial charge in [-0.2, -0.15) is 0 Å². The summed E-state index contributed by atoms with van der Waals surface area (Å²) in [5.74, 6) is 0.540. The zero-order chi connectivity index (χ0) is 8.93. The van der Waals surface area contributed by atoms with Crippen molar-refractivity contribution in [2.24, 2.45) is 11.3 Å². The fraction of sp³-hybridized carbons (Fsp3) is 0.875. The van der Waals surface area contributed by atoms with Gasteiger partial charge >= 0.3 is 6.09 Å². The molecule has 68 valence electrons. The summed E-state index contributed by atoms with van der Waals surface area (Å²) in [6.07, 6.45) is -0.810. The molecule has 4 heteroatoms.